The number of halogens is 1. The molecule has 1 N–H and O–H groups in total. The third kappa shape index (κ3) is 6.68. The minimum atomic E-state index is -1.04. The van der Waals surface area contributed by atoms with Crippen molar-refractivity contribution in [1.29, 1.82) is 0 Å². The molecule has 1 aromatic rings. The minimum Gasteiger partial charge on any atom is -0.478 e. The predicted octanol–water partition coefficient (Wildman–Crippen LogP) is 2.87. The Bertz CT molecular complexity index is 315. The van der Waals surface area contributed by atoms with E-state index in [4.69, 9.17) is 5.11 Å². The second kappa shape index (κ2) is 8.70. The summed E-state index contributed by atoms with van der Waals surface area (Å²) >= 11 is 0. The lowest BCUT2D eigenvalue weighted by Crippen LogP contribution is -2.21. The number of carboxylic acids is 1. The van der Waals surface area contributed by atoms with Crippen molar-refractivity contribution in [3.05, 3.63) is 35.6 Å². The number of carboxylic acid groups (broad SMARTS) is 1. The van der Waals surface area contributed by atoms with Gasteiger partial charge >= 0.3 is 5.97 Å². The first-order chi connectivity index (χ1) is 8.04. The van der Waals surface area contributed by atoms with E-state index in [1.807, 2.05) is 0 Å². The topological polar surface area (TPSA) is 40.5 Å². The Hall–Kier alpha value is -1.42. The molecule has 0 unspecified atom stereocenters. The van der Waals surface area contributed by atoms with Crippen molar-refractivity contribution in [1.82, 2.24) is 4.90 Å². The van der Waals surface area contributed by atoms with Gasteiger partial charge < -0.3 is 10.0 Å². The van der Waals surface area contributed by atoms with Crippen LogP contribution in [0, 0.1) is 5.82 Å². The number of hydrogen-bond acceptors (Lipinski definition) is 2. The van der Waals surface area contributed by atoms with E-state index in [9.17, 15) is 9.18 Å². The molecule has 0 atom stereocenters. The molecule has 0 amide bonds. The number of aromatic carboxylic acids is 1. The lowest BCUT2D eigenvalue weighted by molar-refractivity contribution is 0.0697. The summed E-state index contributed by atoms with van der Waals surface area (Å²) in [4.78, 5) is 12.6. The second-order valence-electron chi connectivity index (χ2n) is 3.43. The molecule has 0 radical (unpaired) electrons. The highest BCUT2D eigenvalue weighted by Gasteiger charge is 1.99. The first-order valence-electron chi connectivity index (χ1n) is 5.76. The molecule has 0 heterocycles. The molecule has 4 heteroatoms. The van der Waals surface area contributed by atoms with E-state index < -0.39 is 11.8 Å². The average molecular weight is 241 g/mol. The van der Waals surface area contributed by atoms with Crippen LogP contribution in [-0.4, -0.2) is 35.6 Å². The molecule has 0 bridgehead atoms. The molecule has 3 nitrogen and oxygen atoms in total. The number of nitrogens with zero attached hydrogens (tertiary/aromatic N) is 1. The molecule has 0 aliphatic rings. The van der Waals surface area contributed by atoms with Crippen LogP contribution in [0.2, 0.25) is 0 Å². The van der Waals surface area contributed by atoms with E-state index in [-0.39, 0.29) is 5.56 Å². The molecule has 0 aliphatic carbocycles. The Labute approximate surface area is 102 Å². The van der Waals surface area contributed by atoms with Crippen LogP contribution in [-0.2, 0) is 0 Å². The van der Waals surface area contributed by atoms with Crippen molar-refractivity contribution in [3.63, 3.8) is 0 Å². The summed E-state index contributed by atoms with van der Waals surface area (Å²) in [6.07, 6.45) is 0. The van der Waals surface area contributed by atoms with Crippen LogP contribution in [0.4, 0.5) is 4.39 Å². The van der Waals surface area contributed by atoms with Crippen molar-refractivity contribution in [2.75, 3.05) is 19.6 Å². The van der Waals surface area contributed by atoms with E-state index in [0.29, 0.717) is 0 Å². The van der Waals surface area contributed by atoms with Crippen LogP contribution < -0.4 is 0 Å². The molecule has 0 saturated carbocycles. The van der Waals surface area contributed by atoms with E-state index in [1.54, 1.807) is 0 Å². The molecule has 0 spiro atoms. The van der Waals surface area contributed by atoms with Gasteiger partial charge in [-0.25, -0.2) is 9.18 Å². The molecule has 1 rings (SSSR count). The summed E-state index contributed by atoms with van der Waals surface area (Å²) in [5.74, 6) is -1.47. The van der Waals surface area contributed by atoms with E-state index >= 15 is 0 Å². The molecule has 17 heavy (non-hydrogen) atoms. The Morgan fingerprint density at radius 2 is 1.53 bits per heavy atom. The van der Waals surface area contributed by atoms with Crippen LogP contribution in [0.3, 0.4) is 0 Å². The monoisotopic (exact) mass is 241 g/mol. The zero-order valence-corrected chi connectivity index (χ0v) is 10.6. The predicted molar refractivity (Wildman–Crippen MR) is 66.8 cm³/mol. The van der Waals surface area contributed by atoms with Crippen molar-refractivity contribution in [3.8, 4) is 0 Å². The fourth-order valence-electron chi connectivity index (χ4n) is 1.26. The van der Waals surface area contributed by atoms with Crippen molar-refractivity contribution in [2.45, 2.75) is 20.8 Å². The van der Waals surface area contributed by atoms with E-state index in [2.05, 4.69) is 25.7 Å². The highest BCUT2D eigenvalue weighted by Crippen LogP contribution is 2.01. The Balaban J connectivity index is 0.000000325. The Morgan fingerprint density at radius 1 is 1.12 bits per heavy atom. The lowest BCUT2D eigenvalue weighted by Gasteiger charge is -2.13. The summed E-state index contributed by atoms with van der Waals surface area (Å²) in [5, 5.41) is 8.35. The van der Waals surface area contributed by atoms with Gasteiger partial charge in [-0.1, -0.05) is 20.8 Å². The first kappa shape index (κ1) is 15.6. The smallest absolute Gasteiger partial charge is 0.335 e. The summed E-state index contributed by atoms with van der Waals surface area (Å²) in [6.45, 7) is 10.1. The fourth-order valence-corrected chi connectivity index (χ4v) is 1.26. The number of carbonyl (C=O) groups is 1. The van der Waals surface area contributed by atoms with E-state index in [0.717, 1.165) is 12.1 Å². The molecule has 0 aromatic heterocycles. The maximum atomic E-state index is 12.2. The molecular weight excluding hydrogens is 221 g/mol. The maximum Gasteiger partial charge on any atom is 0.335 e. The van der Waals surface area contributed by atoms with Gasteiger partial charge in [0.05, 0.1) is 5.56 Å². The second-order valence-corrected chi connectivity index (χ2v) is 3.43. The lowest BCUT2D eigenvalue weighted by atomic mass is 10.2. The zero-order chi connectivity index (χ0) is 13.3. The van der Waals surface area contributed by atoms with Crippen LogP contribution in [0.5, 0.6) is 0 Å². The Kier molecular flexibility index (Phi) is 7.97. The fraction of sp³-hybridized carbons (Fsp3) is 0.462. The SMILES string of the molecule is CCN(CC)CC.O=C(O)c1ccc(F)cc1. The van der Waals surface area contributed by atoms with Gasteiger partial charge in [0, 0.05) is 0 Å². The van der Waals surface area contributed by atoms with Gasteiger partial charge in [-0.3, -0.25) is 0 Å². The standard InChI is InChI=1S/C7H5FO2.C6H15N/c8-6-3-1-5(2-4-6)7(9)10;1-4-7(5-2)6-3/h1-4H,(H,9,10);4-6H2,1-3H3. The third-order valence-electron chi connectivity index (χ3n) is 2.43. The summed E-state index contributed by atoms with van der Waals surface area (Å²) in [5.41, 5.74) is 0.0985. The van der Waals surface area contributed by atoms with Gasteiger partial charge in [-0.05, 0) is 43.9 Å². The van der Waals surface area contributed by atoms with Gasteiger partial charge in [0.15, 0.2) is 0 Å². The van der Waals surface area contributed by atoms with Crippen LogP contribution >= 0.6 is 0 Å². The summed E-state index contributed by atoms with van der Waals surface area (Å²) in [6, 6.07) is 4.67. The van der Waals surface area contributed by atoms with Gasteiger partial charge in [-0.2, -0.15) is 0 Å². The summed E-state index contributed by atoms with van der Waals surface area (Å²) < 4.78 is 12.2. The van der Waals surface area contributed by atoms with Crippen molar-refractivity contribution < 1.29 is 14.3 Å². The number of hydrogen-bond donors (Lipinski definition) is 1. The molecule has 1 aromatic carbocycles. The maximum absolute atomic E-state index is 12.2. The quantitative estimate of drug-likeness (QED) is 0.881. The normalized spacial score (nSPS) is 9.71. The molecule has 0 fully saturated rings. The van der Waals surface area contributed by atoms with Gasteiger partial charge in [0.25, 0.3) is 0 Å². The Morgan fingerprint density at radius 3 is 1.76 bits per heavy atom. The highest BCUT2D eigenvalue weighted by molar-refractivity contribution is 5.87. The van der Waals surface area contributed by atoms with Gasteiger partial charge in [0.2, 0.25) is 0 Å². The number of benzene rings is 1. The molecular formula is C13H20FNO2. The van der Waals surface area contributed by atoms with Crippen molar-refractivity contribution >= 4 is 5.97 Å². The molecule has 0 saturated heterocycles. The van der Waals surface area contributed by atoms with Gasteiger partial charge in [0.1, 0.15) is 5.82 Å². The van der Waals surface area contributed by atoms with Crippen LogP contribution in [0.1, 0.15) is 31.1 Å². The molecule has 96 valence electrons. The minimum absolute atomic E-state index is 0.0985. The van der Waals surface area contributed by atoms with Gasteiger partial charge in [-0.15, -0.1) is 0 Å². The van der Waals surface area contributed by atoms with Crippen LogP contribution in [0.15, 0.2) is 24.3 Å². The van der Waals surface area contributed by atoms with Crippen LogP contribution in [0.25, 0.3) is 0 Å². The van der Waals surface area contributed by atoms with E-state index in [1.165, 1.54) is 31.8 Å². The third-order valence-corrected chi connectivity index (χ3v) is 2.43. The first-order valence-corrected chi connectivity index (χ1v) is 5.76. The number of rotatable bonds is 4. The van der Waals surface area contributed by atoms with Crippen molar-refractivity contribution in [2.24, 2.45) is 0 Å². The average Bonchev–Trinajstić information content (AvgIpc) is 2.32. The largest absolute Gasteiger partial charge is 0.478 e. The summed E-state index contributed by atoms with van der Waals surface area (Å²) in [7, 11) is 0. The zero-order valence-electron chi connectivity index (χ0n) is 10.6. The molecule has 0 aliphatic heterocycles. The highest BCUT2D eigenvalue weighted by atomic mass is 19.1.